The molecule has 2 aromatic rings. The Balaban J connectivity index is 2.07. The third-order valence-electron chi connectivity index (χ3n) is 2.15. The van der Waals surface area contributed by atoms with E-state index in [2.05, 4.69) is 4.98 Å². The van der Waals surface area contributed by atoms with Gasteiger partial charge in [-0.3, -0.25) is 4.79 Å². The Labute approximate surface area is 102 Å². The third-order valence-corrected chi connectivity index (χ3v) is 4.59. The molecule has 0 aliphatic heterocycles. The summed E-state index contributed by atoms with van der Waals surface area (Å²) in [5, 5.41) is 8.77. The molecule has 0 aliphatic rings. The Hall–Kier alpha value is -1.07. The van der Waals surface area contributed by atoms with Crippen molar-refractivity contribution in [2.24, 2.45) is 5.92 Å². The number of carbonyl (C=O) groups is 1. The van der Waals surface area contributed by atoms with E-state index in [1.54, 1.807) is 18.3 Å². The second-order valence-corrected chi connectivity index (χ2v) is 5.80. The summed E-state index contributed by atoms with van der Waals surface area (Å²) in [7, 11) is 0. The van der Waals surface area contributed by atoms with Gasteiger partial charge in [0, 0.05) is 5.75 Å². The van der Waals surface area contributed by atoms with E-state index in [-0.39, 0.29) is 5.92 Å². The second-order valence-electron chi connectivity index (χ2n) is 3.50. The van der Waals surface area contributed by atoms with Crippen LogP contribution in [0.4, 0.5) is 0 Å². The highest BCUT2D eigenvalue weighted by atomic mass is 32.2. The average molecular weight is 253 g/mol. The standard InChI is InChI=1S/C11H11NO2S2/c1-7(10(13)14)6-15-11-12-8-4-2-3-5-9(8)16-11/h2-5,7H,6H2,1H3,(H,13,14). The molecule has 0 amide bonds. The first kappa shape index (κ1) is 11.4. The Morgan fingerprint density at radius 1 is 1.56 bits per heavy atom. The smallest absolute Gasteiger partial charge is 0.307 e. The van der Waals surface area contributed by atoms with Crippen molar-refractivity contribution in [2.75, 3.05) is 5.75 Å². The van der Waals surface area contributed by atoms with Crippen molar-refractivity contribution in [3.63, 3.8) is 0 Å². The van der Waals surface area contributed by atoms with Gasteiger partial charge in [-0.2, -0.15) is 0 Å². The van der Waals surface area contributed by atoms with E-state index in [1.165, 1.54) is 11.8 Å². The molecular weight excluding hydrogens is 242 g/mol. The molecule has 0 bridgehead atoms. The molecular formula is C11H11NO2S2. The maximum atomic E-state index is 10.7. The fraction of sp³-hybridized carbons (Fsp3) is 0.273. The van der Waals surface area contributed by atoms with Crippen LogP contribution in [0.5, 0.6) is 0 Å². The minimum atomic E-state index is -0.756. The van der Waals surface area contributed by atoms with Crippen LogP contribution >= 0.6 is 23.1 Å². The average Bonchev–Trinajstić information content (AvgIpc) is 2.68. The van der Waals surface area contributed by atoms with Crippen LogP contribution in [0, 0.1) is 5.92 Å². The van der Waals surface area contributed by atoms with Crippen LogP contribution < -0.4 is 0 Å². The zero-order valence-corrected chi connectivity index (χ0v) is 10.3. The van der Waals surface area contributed by atoms with Crippen molar-refractivity contribution >= 4 is 39.3 Å². The van der Waals surface area contributed by atoms with Crippen LogP contribution in [0.25, 0.3) is 10.2 Å². The predicted octanol–water partition coefficient (Wildman–Crippen LogP) is 3.11. The molecule has 5 heteroatoms. The zero-order chi connectivity index (χ0) is 11.5. The summed E-state index contributed by atoms with van der Waals surface area (Å²) >= 11 is 3.12. The first-order valence-electron chi connectivity index (χ1n) is 4.88. The zero-order valence-electron chi connectivity index (χ0n) is 8.71. The minimum absolute atomic E-state index is 0.336. The number of aliphatic carboxylic acids is 1. The van der Waals surface area contributed by atoms with E-state index in [4.69, 9.17) is 5.11 Å². The van der Waals surface area contributed by atoms with E-state index in [9.17, 15) is 4.79 Å². The minimum Gasteiger partial charge on any atom is -0.481 e. The first-order chi connectivity index (χ1) is 7.66. The molecule has 2 rings (SSSR count). The van der Waals surface area contributed by atoms with Gasteiger partial charge in [-0.25, -0.2) is 4.98 Å². The molecule has 1 aromatic carbocycles. The first-order valence-corrected chi connectivity index (χ1v) is 6.68. The van der Waals surface area contributed by atoms with Crippen LogP contribution in [0.15, 0.2) is 28.6 Å². The molecule has 16 heavy (non-hydrogen) atoms. The molecule has 0 saturated heterocycles. The molecule has 0 aliphatic carbocycles. The molecule has 0 spiro atoms. The van der Waals surface area contributed by atoms with Gasteiger partial charge in [0.1, 0.15) is 0 Å². The summed E-state index contributed by atoms with van der Waals surface area (Å²) in [5.41, 5.74) is 0.984. The Morgan fingerprint density at radius 2 is 2.31 bits per heavy atom. The lowest BCUT2D eigenvalue weighted by atomic mass is 10.2. The number of aromatic nitrogens is 1. The molecule has 0 radical (unpaired) electrons. The maximum absolute atomic E-state index is 10.7. The molecule has 1 aromatic heterocycles. The van der Waals surface area contributed by atoms with Crippen molar-refractivity contribution in [2.45, 2.75) is 11.3 Å². The summed E-state index contributed by atoms with van der Waals surface area (Å²) in [6.07, 6.45) is 0. The number of carboxylic acid groups (broad SMARTS) is 1. The lowest BCUT2D eigenvalue weighted by Gasteiger charge is -2.02. The number of fused-ring (bicyclic) bond motifs is 1. The van der Waals surface area contributed by atoms with Gasteiger partial charge in [-0.05, 0) is 12.1 Å². The number of thioether (sulfide) groups is 1. The van der Waals surface area contributed by atoms with Crippen molar-refractivity contribution in [1.82, 2.24) is 4.98 Å². The summed E-state index contributed by atoms with van der Waals surface area (Å²) < 4.78 is 2.09. The van der Waals surface area contributed by atoms with Gasteiger partial charge in [0.15, 0.2) is 4.34 Å². The lowest BCUT2D eigenvalue weighted by molar-refractivity contribution is -0.140. The number of rotatable bonds is 4. The van der Waals surface area contributed by atoms with Gasteiger partial charge in [-0.15, -0.1) is 11.3 Å². The third kappa shape index (κ3) is 2.54. The summed E-state index contributed by atoms with van der Waals surface area (Å²) in [5.74, 6) is -0.527. The van der Waals surface area contributed by atoms with E-state index in [0.29, 0.717) is 5.75 Å². The molecule has 84 valence electrons. The summed E-state index contributed by atoms with van der Waals surface area (Å²) in [6, 6.07) is 7.93. The fourth-order valence-corrected chi connectivity index (χ4v) is 3.28. The summed E-state index contributed by atoms with van der Waals surface area (Å²) in [6.45, 7) is 1.71. The van der Waals surface area contributed by atoms with E-state index in [0.717, 1.165) is 14.6 Å². The number of nitrogens with zero attached hydrogens (tertiary/aromatic N) is 1. The van der Waals surface area contributed by atoms with Crippen LogP contribution in [-0.2, 0) is 4.79 Å². The normalized spacial score (nSPS) is 12.8. The molecule has 1 atom stereocenters. The number of para-hydroxylation sites is 1. The van der Waals surface area contributed by atoms with E-state index in [1.807, 2.05) is 24.3 Å². The SMILES string of the molecule is CC(CSc1nc2ccccc2s1)C(=O)O. The molecule has 0 fully saturated rings. The monoisotopic (exact) mass is 253 g/mol. The quantitative estimate of drug-likeness (QED) is 0.851. The lowest BCUT2D eigenvalue weighted by Crippen LogP contribution is -2.11. The molecule has 3 nitrogen and oxygen atoms in total. The largest absolute Gasteiger partial charge is 0.481 e. The molecule has 0 saturated carbocycles. The van der Waals surface area contributed by atoms with Gasteiger partial charge in [0.2, 0.25) is 0 Å². The number of hydrogen-bond acceptors (Lipinski definition) is 4. The van der Waals surface area contributed by atoms with Crippen molar-refractivity contribution in [3.05, 3.63) is 24.3 Å². The van der Waals surface area contributed by atoms with Crippen LogP contribution in [0.3, 0.4) is 0 Å². The van der Waals surface area contributed by atoms with Crippen LogP contribution in [0.1, 0.15) is 6.92 Å². The molecule has 1 N–H and O–H groups in total. The highest BCUT2D eigenvalue weighted by Crippen LogP contribution is 2.30. The summed E-state index contributed by atoms with van der Waals surface area (Å²) in [4.78, 5) is 15.1. The topological polar surface area (TPSA) is 50.2 Å². The van der Waals surface area contributed by atoms with E-state index >= 15 is 0 Å². The van der Waals surface area contributed by atoms with Gasteiger partial charge in [-0.1, -0.05) is 30.8 Å². The number of carboxylic acids is 1. The van der Waals surface area contributed by atoms with Crippen molar-refractivity contribution in [1.29, 1.82) is 0 Å². The maximum Gasteiger partial charge on any atom is 0.307 e. The van der Waals surface area contributed by atoms with Gasteiger partial charge in [0.25, 0.3) is 0 Å². The second kappa shape index (κ2) is 4.84. The molecule has 1 unspecified atom stereocenters. The predicted molar refractivity (Wildman–Crippen MR) is 67.1 cm³/mol. The Kier molecular flexibility index (Phi) is 3.46. The van der Waals surface area contributed by atoms with Crippen LogP contribution in [-0.4, -0.2) is 21.8 Å². The number of benzene rings is 1. The van der Waals surface area contributed by atoms with Crippen LogP contribution in [0.2, 0.25) is 0 Å². The van der Waals surface area contributed by atoms with Gasteiger partial charge in [0.05, 0.1) is 16.1 Å². The highest BCUT2D eigenvalue weighted by molar-refractivity contribution is 8.01. The van der Waals surface area contributed by atoms with Gasteiger partial charge >= 0.3 is 5.97 Å². The number of hydrogen-bond donors (Lipinski definition) is 1. The Bertz CT molecular complexity index is 476. The van der Waals surface area contributed by atoms with Crippen molar-refractivity contribution < 1.29 is 9.90 Å². The molecule has 1 heterocycles. The van der Waals surface area contributed by atoms with E-state index < -0.39 is 5.97 Å². The fourth-order valence-electron chi connectivity index (χ4n) is 1.18. The van der Waals surface area contributed by atoms with Gasteiger partial charge < -0.3 is 5.11 Å². The Morgan fingerprint density at radius 3 is 3.00 bits per heavy atom. The number of thiazole rings is 1. The van der Waals surface area contributed by atoms with Crippen molar-refractivity contribution in [3.8, 4) is 0 Å². The highest BCUT2D eigenvalue weighted by Gasteiger charge is 2.12.